The van der Waals surface area contributed by atoms with E-state index in [0.29, 0.717) is 12.5 Å². The van der Waals surface area contributed by atoms with Gasteiger partial charge in [-0.1, -0.05) is 11.8 Å². The molecule has 2 rings (SSSR count). The molecule has 0 unspecified atom stereocenters. The number of aromatic nitrogens is 2. The first-order valence-corrected chi connectivity index (χ1v) is 7.50. The topological polar surface area (TPSA) is 54.9 Å². The molecule has 0 radical (unpaired) electrons. The van der Waals surface area contributed by atoms with Gasteiger partial charge in [-0.3, -0.25) is 4.79 Å². The zero-order valence-electron chi connectivity index (χ0n) is 11.1. The van der Waals surface area contributed by atoms with Crippen LogP contribution in [0.2, 0.25) is 0 Å². The van der Waals surface area contributed by atoms with Crippen molar-refractivity contribution >= 4 is 17.7 Å². The lowest BCUT2D eigenvalue weighted by molar-refractivity contribution is -0.121. The van der Waals surface area contributed by atoms with Gasteiger partial charge in [-0.15, -0.1) is 0 Å². The van der Waals surface area contributed by atoms with E-state index in [-0.39, 0.29) is 5.91 Å². The van der Waals surface area contributed by atoms with Crippen LogP contribution in [0, 0.1) is 13.8 Å². The van der Waals surface area contributed by atoms with Crippen LogP contribution in [-0.2, 0) is 11.2 Å². The molecule has 1 fully saturated rings. The second-order valence-corrected chi connectivity index (χ2v) is 5.47. The molecule has 1 amide bonds. The van der Waals surface area contributed by atoms with E-state index in [9.17, 15) is 4.79 Å². The third-order valence-corrected chi connectivity index (χ3v) is 3.67. The molecule has 0 aromatic carbocycles. The Bertz CT molecular complexity index is 435. The van der Waals surface area contributed by atoms with Crippen molar-refractivity contribution in [3.8, 4) is 0 Å². The summed E-state index contributed by atoms with van der Waals surface area (Å²) in [5, 5.41) is 3.80. The van der Waals surface area contributed by atoms with Crippen molar-refractivity contribution in [1.29, 1.82) is 0 Å². The highest BCUT2D eigenvalue weighted by Crippen LogP contribution is 2.20. The SMILES string of the molecule is CSc1nc(C)c(CCC(=O)NC2CC2)c(C)n1. The number of hydrogen-bond donors (Lipinski definition) is 1. The van der Waals surface area contributed by atoms with Gasteiger partial charge >= 0.3 is 0 Å². The predicted octanol–water partition coefficient (Wildman–Crippen LogP) is 2.03. The predicted molar refractivity (Wildman–Crippen MR) is 72.8 cm³/mol. The van der Waals surface area contributed by atoms with Gasteiger partial charge in [-0.2, -0.15) is 0 Å². The van der Waals surface area contributed by atoms with Crippen LogP contribution in [-0.4, -0.2) is 28.2 Å². The third kappa shape index (κ3) is 3.45. The summed E-state index contributed by atoms with van der Waals surface area (Å²) in [6.45, 7) is 3.98. The van der Waals surface area contributed by atoms with E-state index in [4.69, 9.17) is 0 Å². The molecule has 1 aromatic heterocycles. The molecule has 18 heavy (non-hydrogen) atoms. The minimum Gasteiger partial charge on any atom is -0.353 e. The number of carbonyl (C=O) groups excluding carboxylic acids is 1. The van der Waals surface area contributed by atoms with Gasteiger partial charge in [0.2, 0.25) is 5.91 Å². The van der Waals surface area contributed by atoms with Gasteiger partial charge in [0.05, 0.1) is 0 Å². The van der Waals surface area contributed by atoms with Gasteiger partial charge in [-0.05, 0) is 44.9 Å². The molecule has 1 aromatic rings. The van der Waals surface area contributed by atoms with Crippen molar-refractivity contribution in [2.75, 3.05) is 6.26 Å². The summed E-state index contributed by atoms with van der Waals surface area (Å²) in [7, 11) is 0. The maximum absolute atomic E-state index is 11.7. The van der Waals surface area contributed by atoms with Crippen molar-refractivity contribution < 1.29 is 4.79 Å². The van der Waals surface area contributed by atoms with Gasteiger partial charge in [-0.25, -0.2) is 9.97 Å². The number of hydrogen-bond acceptors (Lipinski definition) is 4. The fourth-order valence-electron chi connectivity index (χ4n) is 1.93. The molecular weight excluding hydrogens is 246 g/mol. The summed E-state index contributed by atoms with van der Waals surface area (Å²) >= 11 is 1.55. The molecule has 98 valence electrons. The van der Waals surface area contributed by atoms with Crippen LogP contribution in [0.15, 0.2) is 5.16 Å². The highest BCUT2D eigenvalue weighted by atomic mass is 32.2. The second-order valence-electron chi connectivity index (χ2n) is 4.70. The number of nitrogens with zero attached hydrogens (tertiary/aromatic N) is 2. The molecule has 1 aliphatic carbocycles. The molecular formula is C13H19N3OS. The average Bonchev–Trinajstić information content (AvgIpc) is 3.11. The number of rotatable bonds is 5. The van der Waals surface area contributed by atoms with Crippen molar-refractivity contribution in [3.63, 3.8) is 0 Å². The zero-order valence-corrected chi connectivity index (χ0v) is 11.9. The summed E-state index contributed by atoms with van der Waals surface area (Å²) in [6, 6.07) is 0.440. The average molecular weight is 265 g/mol. The Balaban J connectivity index is 1.97. The molecule has 0 saturated heterocycles. The maximum atomic E-state index is 11.7. The van der Waals surface area contributed by atoms with Crippen LogP contribution >= 0.6 is 11.8 Å². The van der Waals surface area contributed by atoms with Gasteiger partial charge in [0.25, 0.3) is 0 Å². The summed E-state index contributed by atoms with van der Waals surface area (Å²) < 4.78 is 0. The van der Waals surface area contributed by atoms with Gasteiger partial charge in [0.15, 0.2) is 5.16 Å². The smallest absolute Gasteiger partial charge is 0.220 e. The lowest BCUT2D eigenvalue weighted by Gasteiger charge is -2.10. The van der Waals surface area contributed by atoms with E-state index in [0.717, 1.165) is 41.4 Å². The van der Waals surface area contributed by atoms with E-state index in [2.05, 4.69) is 15.3 Å². The third-order valence-electron chi connectivity index (χ3n) is 3.13. The monoisotopic (exact) mass is 265 g/mol. The van der Waals surface area contributed by atoms with E-state index in [1.807, 2.05) is 20.1 Å². The Morgan fingerprint density at radius 2 is 1.94 bits per heavy atom. The molecule has 1 N–H and O–H groups in total. The fourth-order valence-corrected chi connectivity index (χ4v) is 2.38. The fraction of sp³-hybridized carbons (Fsp3) is 0.615. The van der Waals surface area contributed by atoms with Crippen molar-refractivity contribution in [2.45, 2.75) is 50.7 Å². The van der Waals surface area contributed by atoms with Crippen molar-refractivity contribution in [3.05, 3.63) is 17.0 Å². The molecule has 1 aliphatic rings. The molecule has 0 spiro atoms. The van der Waals surface area contributed by atoms with Crippen LogP contribution in [0.5, 0.6) is 0 Å². The molecule has 1 saturated carbocycles. The highest BCUT2D eigenvalue weighted by molar-refractivity contribution is 7.98. The van der Waals surface area contributed by atoms with E-state index in [1.165, 1.54) is 0 Å². The molecule has 0 bridgehead atoms. The molecule has 4 nitrogen and oxygen atoms in total. The van der Waals surface area contributed by atoms with Crippen LogP contribution in [0.4, 0.5) is 0 Å². The Hall–Kier alpha value is -1.10. The molecule has 0 aliphatic heterocycles. The summed E-state index contributed by atoms with van der Waals surface area (Å²) in [5.74, 6) is 0.144. The number of aryl methyl sites for hydroxylation is 2. The van der Waals surface area contributed by atoms with Crippen molar-refractivity contribution in [1.82, 2.24) is 15.3 Å². The highest BCUT2D eigenvalue weighted by Gasteiger charge is 2.23. The summed E-state index contributed by atoms with van der Waals surface area (Å²) in [4.78, 5) is 20.5. The standard InChI is InChI=1S/C13H19N3OS/c1-8-11(9(2)15-13(14-8)18-3)6-7-12(17)16-10-4-5-10/h10H,4-7H2,1-3H3,(H,16,17). The normalized spacial score (nSPS) is 14.6. The first-order valence-electron chi connectivity index (χ1n) is 6.27. The zero-order chi connectivity index (χ0) is 13.1. The van der Waals surface area contributed by atoms with Gasteiger partial charge < -0.3 is 5.32 Å². The first-order chi connectivity index (χ1) is 8.60. The summed E-state index contributed by atoms with van der Waals surface area (Å²) in [5.41, 5.74) is 3.09. The number of carbonyl (C=O) groups is 1. The molecule has 1 heterocycles. The van der Waals surface area contributed by atoms with E-state index in [1.54, 1.807) is 11.8 Å². The minimum absolute atomic E-state index is 0.144. The van der Waals surface area contributed by atoms with Crippen LogP contribution in [0.3, 0.4) is 0 Å². The largest absolute Gasteiger partial charge is 0.353 e. The first kappa shape index (κ1) is 13.3. The van der Waals surface area contributed by atoms with Crippen LogP contribution in [0.1, 0.15) is 36.2 Å². The second kappa shape index (κ2) is 5.69. The Morgan fingerprint density at radius 1 is 1.33 bits per heavy atom. The Kier molecular flexibility index (Phi) is 4.22. The van der Waals surface area contributed by atoms with Gasteiger partial charge in [0, 0.05) is 23.9 Å². The van der Waals surface area contributed by atoms with E-state index >= 15 is 0 Å². The van der Waals surface area contributed by atoms with Crippen LogP contribution in [0.25, 0.3) is 0 Å². The number of nitrogens with one attached hydrogen (secondary N) is 1. The summed E-state index contributed by atoms with van der Waals surface area (Å²) in [6.07, 6.45) is 5.49. The minimum atomic E-state index is 0.144. The molecule has 5 heteroatoms. The number of thioether (sulfide) groups is 1. The lowest BCUT2D eigenvalue weighted by atomic mass is 10.1. The number of amides is 1. The van der Waals surface area contributed by atoms with E-state index < -0.39 is 0 Å². The van der Waals surface area contributed by atoms with Crippen molar-refractivity contribution in [2.24, 2.45) is 0 Å². The van der Waals surface area contributed by atoms with Gasteiger partial charge in [0.1, 0.15) is 0 Å². The molecule has 0 atom stereocenters. The Morgan fingerprint density at radius 3 is 2.44 bits per heavy atom. The van der Waals surface area contributed by atoms with Crippen LogP contribution < -0.4 is 5.32 Å². The lowest BCUT2D eigenvalue weighted by Crippen LogP contribution is -2.25. The maximum Gasteiger partial charge on any atom is 0.220 e. The quantitative estimate of drug-likeness (QED) is 0.654. The Labute approximate surface area is 112 Å².